The van der Waals surface area contributed by atoms with Gasteiger partial charge in [-0.15, -0.1) is 0 Å². The van der Waals surface area contributed by atoms with Gasteiger partial charge in [0.05, 0.1) is 23.2 Å². The van der Waals surface area contributed by atoms with Crippen molar-refractivity contribution in [3.8, 4) is 6.07 Å². The second-order valence-corrected chi connectivity index (χ2v) is 3.68. The molecule has 0 amide bonds. The van der Waals surface area contributed by atoms with E-state index in [1.54, 1.807) is 6.07 Å². The van der Waals surface area contributed by atoms with Crippen molar-refractivity contribution in [3.05, 3.63) is 28.0 Å². The summed E-state index contributed by atoms with van der Waals surface area (Å²) in [7, 11) is 0. The van der Waals surface area contributed by atoms with Crippen molar-refractivity contribution in [2.75, 3.05) is 0 Å². The van der Waals surface area contributed by atoms with E-state index in [2.05, 4.69) is 20.9 Å². The standard InChI is InChI=1S/C9H6BrClF2N2/c10-4-5-3-6(1-2-14)15-8(7(5)11)9(12)13/h3,9H,1,4H2. The van der Waals surface area contributed by atoms with E-state index in [4.69, 9.17) is 16.9 Å². The van der Waals surface area contributed by atoms with Crippen LogP contribution in [0.5, 0.6) is 0 Å². The lowest BCUT2D eigenvalue weighted by atomic mass is 10.2. The Morgan fingerprint density at radius 1 is 1.60 bits per heavy atom. The maximum absolute atomic E-state index is 12.5. The van der Waals surface area contributed by atoms with Crippen molar-refractivity contribution in [2.45, 2.75) is 18.2 Å². The summed E-state index contributed by atoms with van der Waals surface area (Å²) in [6.45, 7) is 0. The average molecular weight is 296 g/mol. The van der Waals surface area contributed by atoms with Crippen LogP contribution in [0.4, 0.5) is 8.78 Å². The van der Waals surface area contributed by atoms with Gasteiger partial charge in [0, 0.05) is 5.33 Å². The summed E-state index contributed by atoms with van der Waals surface area (Å²) in [6, 6.07) is 3.40. The molecule has 0 saturated carbocycles. The van der Waals surface area contributed by atoms with Gasteiger partial charge in [0.1, 0.15) is 5.69 Å². The SMILES string of the molecule is N#CCc1cc(CBr)c(Cl)c(C(F)F)n1. The van der Waals surface area contributed by atoms with E-state index in [0.717, 1.165) is 0 Å². The first-order valence-electron chi connectivity index (χ1n) is 3.99. The van der Waals surface area contributed by atoms with Crippen LogP contribution in [0, 0.1) is 11.3 Å². The number of rotatable bonds is 3. The van der Waals surface area contributed by atoms with E-state index in [1.807, 2.05) is 6.07 Å². The molecule has 1 aromatic rings. The van der Waals surface area contributed by atoms with Crippen LogP contribution in [0.1, 0.15) is 23.4 Å². The molecule has 0 aromatic carbocycles. The van der Waals surface area contributed by atoms with Gasteiger partial charge in [-0.05, 0) is 11.6 Å². The van der Waals surface area contributed by atoms with Gasteiger partial charge < -0.3 is 0 Å². The molecular formula is C9H6BrClF2N2. The van der Waals surface area contributed by atoms with Crippen LogP contribution in [0.15, 0.2) is 6.07 Å². The second-order valence-electron chi connectivity index (χ2n) is 2.74. The number of alkyl halides is 3. The molecular weight excluding hydrogens is 289 g/mol. The van der Waals surface area contributed by atoms with Gasteiger partial charge >= 0.3 is 0 Å². The molecule has 2 nitrogen and oxygen atoms in total. The number of pyridine rings is 1. The van der Waals surface area contributed by atoms with Crippen molar-refractivity contribution >= 4 is 27.5 Å². The minimum Gasteiger partial charge on any atom is -0.249 e. The monoisotopic (exact) mass is 294 g/mol. The predicted molar refractivity (Wildman–Crippen MR) is 56.2 cm³/mol. The molecule has 0 fully saturated rings. The molecule has 1 rings (SSSR count). The number of nitrogens with zero attached hydrogens (tertiary/aromatic N) is 2. The number of aromatic nitrogens is 1. The number of hydrogen-bond acceptors (Lipinski definition) is 2. The molecule has 0 atom stereocenters. The Kier molecular flexibility index (Phi) is 4.43. The third kappa shape index (κ3) is 2.86. The van der Waals surface area contributed by atoms with Crippen molar-refractivity contribution in [1.82, 2.24) is 4.98 Å². The quantitative estimate of drug-likeness (QED) is 0.798. The zero-order chi connectivity index (χ0) is 11.4. The van der Waals surface area contributed by atoms with Crippen LogP contribution in [-0.4, -0.2) is 4.98 Å². The fourth-order valence-electron chi connectivity index (χ4n) is 1.08. The van der Waals surface area contributed by atoms with E-state index in [1.165, 1.54) is 0 Å². The Balaban J connectivity index is 3.26. The van der Waals surface area contributed by atoms with Gasteiger partial charge in [0.2, 0.25) is 0 Å². The lowest BCUT2D eigenvalue weighted by molar-refractivity contribution is 0.146. The van der Waals surface area contributed by atoms with Crippen LogP contribution in [0.25, 0.3) is 0 Å². The first kappa shape index (κ1) is 12.3. The summed E-state index contributed by atoms with van der Waals surface area (Å²) < 4.78 is 25.0. The zero-order valence-corrected chi connectivity index (χ0v) is 9.82. The van der Waals surface area contributed by atoms with Crippen LogP contribution >= 0.6 is 27.5 Å². The molecule has 1 heterocycles. The largest absolute Gasteiger partial charge is 0.281 e. The summed E-state index contributed by atoms with van der Waals surface area (Å²) in [5.74, 6) is 0. The van der Waals surface area contributed by atoms with Crippen molar-refractivity contribution in [2.24, 2.45) is 0 Å². The summed E-state index contributed by atoms with van der Waals surface area (Å²) in [5.41, 5.74) is 0.373. The Morgan fingerprint density at radius 3 is 2.73 bits per heavy atom. The highest BCUT2D eigenvalue weighted by atomic mass is 79.9. The van der Waals surface area contributed by atoms with Crippen LogP contribution < -0.4 is 0 Å². The fraction of sp³-hybridized carbons (Fsp3) is 0.333. The molecule has 0 unspecified atom stereocenters. The summed E-state index contributed by atoms with van der Waals surface area (Å²) >= 11 is 8.86. The van der Waals surface area contributed by atoms with Crippen LogP contribution in [0.3, 0.4) is 0 Å². The van der Waals surface area contributed by atoms with Gasteiger partial charge in [-0.2, -0.15) is 5.26 Å². The number of halogens is 4. The third-order valence-corrected chi connectivity index (χ3v) is 2.76. The highest BCUT2D eigenvalue weighted by Gasteiger charge is 2.17. The van der Waals surface area contributed by atoms with Crippen molar-refractivity contribution < 1.29 is 8.78 Å². The molecule has 0 radical (unpaired) electrons. The first-order chi connectivity index (χ1) is 7.10. The minimum atomic E-state index is -2.73. The Labute approximate surface area is 99.0 Å². The van der Waals surface area contributed by atoms with E-state index < -0.39 is 12.1 Å². The molecule has 15 heavy (non-hydrogen) atoms. The second kappa shape index (κ2) is 5.38. The van der Waals surface area contributed by atoms with E-state index in [9.17, 15) is 8.78 Å². The van der Waals surface area contributed by atoms with E-state index in [0.29, 0.717) is 16.6 Å². The van der Waals surface area contributed by atoms with Gasteiger partial charge in [0.25, 0.3) is 6.43 Å². The molecule has 0 saturated heterocycles. The van der Waals surface area contributed by atoms with Crippen LogP contribution in [0.2, 0.25) is 5.02 Å². The van der Waals surface area contributed by atoms with Gasteiger partial charge in [-0.1, -0.05) is 27.5 Å². The highest BCUT2D eigenvalue weighted by molar-refractivity contribution is 9.08. The molecule has 0 aliphatic heterocycles. The molecule has 6 heteroatoms. The highest BCUT2D eigenvalue weighted by Crippen LogP contribution is 2.30. The Bertz CT molecular complexity index is 404. The smallest absolute Gasteiger partial charge is 0.249 e. The first-order valence-corrected chi connectivity index (χ1v) is 5.49. The lowest BCUT2D eigenvalue weighted by Gasteiger charge is -2.08. The Hall–Kier alpha value is -0.730. The molecule has 0 aliphatic carbocycles. The van der Waals surface area contributed by atoms with E-state index in [-0.39, 0.29) is 11.4 Å². The average Bonchev–Trinajstić information content (AvgIpc) is 2.20. The van der Waals surface area contributed by atoms with E-state index >= 15 is 0 Å². The molecule has 0 spiro atoms. The maximum atomic E-state index is 12.5. The summed E-state index contributed by atoms with van der Waals surface area (Å²) in [4.78, 5) is 3.64. The molecule has 0 bridgehead atoms. The fourth-order valence-corrected chi connectivity index (χ4v) is 1.93. The van der Waals surface area contributed by atoms with Crippen LogP contribution in [-0.2, 0) is 11.8 Å². The summed E-state index contributed by atoms with van der Waals surface area (Å²) in [6.07, 6.45) is -2.73. The third-order valence-electron chi connectivity index (χ3n) is 1.72. The molecule has 0 aliphatic rings. The topological polar surface area (TPSA) is 36.7 Å². The van der Waals surface area contributed by atoms with Crippen molar-refractivity contribution in [3.63, 3.8) is 0 Å². The minimum absolute atomic E-state index is 0.00309. The molecule has 1 aromatic heterocycles. The van der Waals surface area contributed by atoms with Gasteiger partial charge in [-0.3, -0.25) is 0 Å². The van der Waals surface area contributed by atoms with Gasteiger partial charge in [-0.25, -0.2) is 13.8 Å². The summed E-state index contributed by atoms with van der Waals surface area (Å²) in [5, 5.41) is 8.78. The maximum Gasteiger partial charge on any atom is 0.281 e. The normalized spacial score (nSPS) is 10.4. The molecule has 0 N–H and O–H groups in total. The van der Waals surface area contributed by atoms with Crippen molar-refractivity contribution in [1.29, 1.82) is 5.26 Å². The number of hydrogen-bond donors (Lipinski definition) is 0. The Morgan fingerprint density at radius 2 is 2.27 bits per heavy atom. The predicted octanol–water partition coefficient (Wildman–Crippen LogP) is 3.63. The molecule has 80 valence electrons. The zero-order valence-electron chi connectivity index (χ0n) is 7.48. The van der Waals surface area contributed by atoms with Gasteiger partial charge in [0.15, 0.2) is 0 Å². The number of nitriles is 1. The lowest BCUT2D eigenvalue weighted by Crippen LogP contribution is -2.00.